The quantitative estimate of drug-likeness (QED) is 0.829. The summed E-state index contributed by atoms with van der Waals surface area (Å²) in [5, 5.41) is 0. The lowest BCUT2D eigenvalue weighted by molar-refractivity contribution is 0.377. The second-order valence-electron chi connectivity index (χ2n) is 4.40. The third-order valence-electron chi connectivity index (χ3n) is 2.17. The molecule has 16 heavy (non-hydrogen) atoms. The highest BCUT2D eigenvalue weighted by atomic mass is 16.5. The Morgan fingerprint density at radius 3 is 2.31 bits per heavy atom. The molecule has 6 nitrogen and oxygen atoms in total. The van der Waals surface area contributed by atoms with E-state index in [0.29, 0.717) is 5.95 Å². The maximum atomic E-state index is 5.60. The lowest BCUT2D eigenvalue weighted by atomic mass is 10.1. The minimum absolute atomic E-state index is 0.0758. The number of aromatic nitrogens is 3. The molecule has 0 unspecified atom stereocenters. The molecule has 0 amide bonds. The summed E-state index contributed by atoms with van der Waals surface area (Å²) in [5.74, 6) is 0.712. The van der Waals surface area contributed by atoms with E-state index in [-0.39, 0.29) is 17.5 Å². The van der Waals surface area contributed by atoms with Crippen molar-refractivity contribution < 1.29 is 4.74 Å². The summed E-state index contributed by atoms with van der Waals surface area (Å²) in [6.07, 6.45) is 0. The fourth-order valence-electron chi connectivity index (χ4n) is 1.49. The predicted octanol–water partition coefficient (Wildman–Crippen LogP) is 1.09. The van der Waals surface area contributed by atoms with Crippen LogP contribution in [0.2, 0.25) is 0 Å². The molecule has 0 fully saturated rings. The summed E-state index contributed by atoms with van der Waals surface area (Å²) >= 11 is 0. The molecule has 0 saturated heterocycles. The highest BCUT2D eigenvalue weighted by Gasteiger charge is 2.23. The number of methoxy groups -OCH3 is 1. The monoisotopic (exact) mass is 225 g/mol. The molecular weight excluding hydrogens is 206 g/mol. The van der Waals surface area contributed by atoms with Crippen LogP contribution in [-0.4, -0.2) is 34.1 Å². The van der Waals surface area contributed by atoms with Gasteiger partial charge in [0.1, 0.15) is 0 Å². The zero-order valence-electron chi connectivity index (χ0n) is 10.5. The van der Waals surface area contributed by atoms with Crippen LogP contribution in [0.5, 0.6) is 6.01 Å². The molecule has 0 aliphatic heterocycles. The van der Waals surface area contributed by atoms with Gasteiger partial charge >= 0.3 is 6.01 Å². The molecule has 1 aromatic heterocycles. The first-order valence-corrected chi connectivity index (χ1v) is 5.21. The van der Waals surface area contributed by atoms with E-state index in [2.05, 4.69) is 35.7 Å². The van der Waals surface area contributed by atoms with E-state index in [1.165, 1.54) is 7.11 Å². The van der Waals surface area contributed by atoms with Crippen molar-refractivity contribution >= 4 is 11.9 Å². The Morgan fingerprint density at radius 1 is 1.25 bits per heavy atom. The number of hydrogen-bond donors (Lipinski definition) is 1. The van der Waals surface area contributed by atoms with Gasteiger partial charge in [0.05, 0.1) is 7.11 Å². The first kappa shape index (κ1) is 12.5. The molecule has 0 radical (unpaired) electrons. The predicted molar refractivity (Wildman–Crippen MR) is 63.6 cm³/mol. The smallest absolute Gasteiger partial charge is 0.322 e. The Kier molecular flexibility index (Phi) is 3.51. The molecule has 0 spiro atoms. The van der Waals surface area contributed by atoms with Gasteiger partial charge < -0.3 is 15.4 Å². The normalized spacial score (nSPS) is 11.3. The Morgan fingerprint density at radius 2 is 1.88 bits per heavy atom. The van der Waals surface area contributed by atoms with Gasteiger partial charge in [-0.3, -0.25) is 0 Å². The summed E-state index contributed by atoms with van der Waals surface area (Å²) in [7, 11) is 1.51. The Labute approximate surface area is 95.9 Å². The van der Waals surface area contributed by atoms with Gasteiger partial charge in [-0.2, -0.15) is 15.0 Å². The fourth-order valence-corrected chi connectivity index (χ4v) is 1.49. The van der Waals surface area contributed by atoms with Crippen LogP contribution in [0.1, 0.15) is 27.7 Å². The van der Waals surface area contributed by atoms with E-state index in [4.69, 9.17) is 10.5 Å². The molecule has 1 rings (SSSR count). The maximum absolute atomic E-state index is 5.60. The Balaban J connectivity index is 3.15. The lowest BCUT2D eigenvalue weighted by Gasteiger charge is -2.34. The number of ether oxygens (including phenoxy) is 1. The van der Waals surface area contributed by atoms with Crippen LogP contribution in [0.3, 0.4) is 0 Å². The average molecular weight is 225 g/mol. The molecule has 1 heterocycles. The molecular formula is C10H19N5O. The van der Waals surface area contributed by atoms with Crippen LogP contribution < -0.4 is 15.4 Å². The Hall–Kier alpha value is -1.59. The first-order valence-electron chi connectivity index (χ1n) is 5.21. The van der Waals surface area contributed by atoms with Crippen LogP contribution in [0.25, 0.3) is 0 Å². The minimum atomic E-state index is -0.0758. The van der Waals surface area contributed by atoms with Crippen LogP contribution in [0.15, 0.2) is 0 Å². The molecule has 2 N–H and O–H groups in total. The molecule has 0 aliphatic carbocycles. The van der Waals surface area contributed by atoms with Crippen molar-refractivity contribution in [2.45, 2.75) is 33.2 Å². The lowest BCUT2D eigenvalue weighted by Crippen LogP contribution is -2.42. The van der Waals surface area contributed by atoms with Gasteiger partial charge in [0.25, 0.3) is 0 Å². The molecule has 0 bridgehead atoms. The number of hydrogen-bond acceptors (Lipinski definition) is 6. The summed E-state index contributed by atoms with van der Waals surface area (Å²) in [6.45, 7) is 9.09. The van der Waals surface area contributed by atoms with Crippen molar-refractivity contribution in [2.75, 3.05) is 24.3 Å². The highest BCUT2D eigenvalue weighted by Crippen LogP contribution is 2.21. The van der Waals surface area contributed by atoms with Gasteiger partial charge in [-0.15, -0.1) is 0 Å². The van der Waals surface area contributed by atoms with Crippen molar-refractivity contribution in [3.05, 3.63) is 0 Å². The zero-order chi connectivity index (χ0) is 12.3. The highest BCUT2D eigenvalue weighted by molar-refractivity contribution is 5.38. The second-order valence-corrected chi connectivity index (χ2v) is 4.40. The minimum Gasteiger partial charge on any atom is -0.467 e. The third-order valence-corrected chi connectivity index (χ3v) is 2.17. The summed E-state index contributed by atoms with van der Waals surface area (Å²) in [4.78, 5) is 14.2. The second kappa shape index (κ2) is 4.51. The molecule has 0 saturated carbocycles. The van der Waals surface area contributed by atoms with Crippen molar-refractivity contribution in [3.8, 4) is 6.01 Å². The van der Waals surface area contributed by atoms with E-state index in [1.807, 2.05) is 11.8 Å². The molecule has 0 aromatic carbocycles. The van der Waals surface area contributed by atoms with E-state index >= 15 is 0 Å². The van der Waals surface area contributed by atoms with Gasteiger partial charge in [-0.1, -0.05) is 0 Å². The van der Waals surface area contributed by atoms with Gasteiger partial charge in [-0.25, -0.2) is 0 Å². The van der Waals surface area contributed by atoms with Crippen LogP contribution >= 0.6 is 0 Å². The summed E-state index contributed by atoms with van der Waals surface area (Å²) in [5.41, 5.74) is 5.53. The fraction of sp³-hybridized carbons (Fsp3) is 0.700. The Bertz CT molecular complexity index is 361. The van der Waals surface area contributed by atoms with Crippen LogP contribution in [0.4, 0.5) is 11.9 Å². The topological polar surface area (TPSA) is 77.2 Å². The third kappa shape index (κ3) is 2.71. The number of rotatable bonds is 3. The van der Waals surface area contributed by atoms with Gasteiger partial charge in [-0.05, 0) is 27.7 Å². The van der Waals surface area contributed by atoms with Crippen LogP contribution in [0, 0.1) is 0 Å². The number of nitrogens with two attached hydrogens (primary N) is 1. The van der Waals surface area contributed by atoms with Gasteiger partial charge in [0, 0.05) is 12.1 Å². The van der Waals surface area contributed by atoms with Crippen LogP contribution in [-0.2, 0) is 0 Å². The standard InChI is InChI=1S/C10H19N5O/c1-6-15(10(2,3)4)8-12-7(11)13-9(14-8)16-5/h6H2,1-5H3,(H2,11,12,13,14). The maximum Gasteiger partial charge on any atom is 0.322 e. The van der Waals surface area contributed by atoms with Crippen molar-refractivity contribution in [2.24, 2.45) is 0 Å². The van der Waals surface area contributed by atoms with E-state index < -0.39 is 0 Å². The van der Waals surface area contributed by atoms with Gasteiger partial charge in [0.2, 0.25) is 11.9 Å². The van der Waals surface area contributed by atoms with Crippen molar-refractivity contribution in [3.63, 3.8) is 0 Å². The molecule has 90 valence electrons. The molecule has 0 aliphatic rings. The van der Waals surface area contributed by atoms with E-state index in [1.54, 1.807) is 0 Å². The zero-order valence-corrected chi connectivity index (χ0v) is 10.5. The summed E-state index contributed by atoms with van der Waals surface area (Å²) < 4.78 is 4.97. The largest absolute Gasteiger partial charge is 0.467 e. The SMILES string of the molecule is CCN(c1nc(N)nc(OC)n1)C(C)(C)C. The number of nitrogens with zero attached hydrogens (tertiary/aromatic N) is 4. The van der Waals surface area contributed by atoms with E-state index in [9.17, 15) is 0 Å². The first-order chi connectivity index (χ1) is 7.38. The van der Waals surface area contributed by atoms with Gasteiger partial charge in [0.15, 0.2) is 0 Å². The number of anilines is 2. The number of nitrogen functional groups attached to an aromatic ring is 1. The van der Waals surface area contributed by atoms with E-state index in [0.717, 1.165) is 6.54 Å². The molecule has 0 atom stereocenters. The average Bonchev–Trinajstić information content (AvgIpc) is 2.15. The summed E-state index contributed by atoms with van der Waals surface area (Å²) in [6, 6.07) is 0.241. The molecule has 1 aromatic rings. The van der Waals surface area contributed by atoms with Crippen molar-refractivity contribution in [1.29, 1.82) is 0 Å². The van der Waals surface area contributed by atoms with Crippen molar-refractivity contribution in [1.82, 2.24) is 15.0 Å². The molecule has 6 heteroatoms.